The number of ether oxygens (including phenoxy) is 1. The number of rotatable bonds is 10. The molecule has 182 valence electrons. The van der Waals surface area contributed by atoms with Crippen LogP contribution in [0, 0.1) is 0 Å². The number of halogens is 1. The maximum Gasteiger partial charge on any atom is 0.323 e. The third-order valence-electron chi connectivity index (χ3n) is 6.36. The van der Waals surface area contributed by atoms with Gasteiger partial charge in [-0.05, 0) is 60.2 Å². The van der Waals surface area contributed by atoms with Crippen molar-refractivity contribution < 1.29 is 19.4 Å². The third-order valence-corrected chi connectivity index (χ3v) is 6.61. The first kappa shape index (κ1) is 24.8. The standard InChI is InChI=1S/C29H30ClNO4/c1-29(18-23-7-11-25(30)12-8-23)19-24-17-22(9-13-26(24)35-29)10-14-27(32)31(20-28(33)34)16-15-21-5-3-2-4-6-21/h2-9,11-13,17H,10,14-16,18-20H2,1H3,(H,33,34). The second-order valence-electron chi connectivity index (χ2n) is 9.42. The Hall–Kier alpha value is -3.31. The fourth-order valence-electron chi connectivity index (χ4n) is 4.64. The monoisotopic (exact) mass is 491 g/mol. The third kappa shape index (κ3) is 6.86. The van der Waals surface area contributed by atoms with Crippen molar-refractivity contribution in [3.63, 3.8) is 0 Å². The van der Waals surface area contributed by atoms with Gasteiger partial charge in [-0.3, -0.25) is 9.59 Å². The molecule has 0 spiro atoms. The average molecular weight is 492 g/mol. The molecule has 1 unspecified atom stereocenters. The first-order valence-corrected chi connectivity index (χ1v) is 12.3. The number of carboxylic acid groups (broad SMARTS) is 1. The van der Waals surface area contributed by atoms with Gasteiger partial charge in [-0.1, -0.05) is 66.2 Å². The lowest BCUT2D eigenvalue weighted by molar-refractivity contribution is -0.144. The number of hydrogen-bond acceptors (Lipinski definition) is 3. The second kappa shape index (κ2) is 11.0. The Morgan fingerprint density at radius 1 is 0.971 bits per heavy atom. The van der Waals surface area contributed by atoms with Crippen LogP contribution in [0.1, 0.15) is 35.6 Å². The molecule has 1 heterocycles. The summed E-state index contributed by atoms with van der Waals surface area (Å²) in [6.45, 7) is 2.21. The minimum Gasteiger partial charge on any atom is -0.487 e. The van der Waals surface area contributed by atoms with Crippen LogP contribution in [0.2, 0.25) is 5.02 Å². The number of hydrogen-bond donors (Lipinski definition) is 1. The molecule has 1 amide bonds. The average Bonchev–Trinajstić information content (AvgIpc) is 3.17. The minimum absolute atomic E-state index is 0.146. The topological polar surface area (TPSA) is 66.8 Å². The molecule has 35 heavy (non-hydrogen) atoms. The first-order chi connectivity index (χ1) is 16.8. The lowest BCUT2D eigenvalue weighted by Gasteiger charge is -2.24. The second-order valence-corrected chi connectivity index (χ2v) is 9.86. The summed E-state index contributed by atoms with van der Waals surface area (Å²) in [5, 5.41) is 9.99. The molecule has 3 aromatic rings. The molecule has 1 aliphatic rings. The summed E-state index contributed by atoms with van der Waals surface area (Å²) in [5.41, 5.74) is 4.11. The van der Waals surface area contributed by atoms with Gasteiger partial charge in [0.25, 0.3) is 0 Å². The van der Waals surface area contributed by atoms with E-state index in [0.717, 1.165) is 40.3 Å². The van der Waals surface area contributed by atoms with E-state index >= 15 is 0 Å². The number of fused-ring (bicyclic) bond motifs is 1. The number of amides is 1. The van der Waals surface area contributed by atoms with E-state index in [0.29, 0.717) is 19.4 Å². The molecular weight excluding hydrogens is 462 g/mol. The number of carbonyl (C=O) groups excluding carboxylic acids is 1. The normalized spacial score (nSPS) is 16.4. The van der Waals surface area contributed by atoms with E-state index in [9.17, 15) is 14.7 Å². The van der Waals surface area contributed by atoms with Crippen molar-refractivity contribution in [3.05, 3.63) is 100 Å². The quantitative estimate of drug-likeness (QED) is 0.414. The zero-order valence-corrected chi connectivity index (χ0v) is 20.6. The minimum atomic E-state index is -0.999. The fourth-order valence-corrected chi connectivity index (χ4v) is 4.76. The zero-order chi connectivity index (χ0) is 24.8. The number of carbonyl (C=O) groups is 2. The van der Waals surface area contributed by atoms with Crippen molar-refractivity contribution in [3.8, 4) is 5.75 Å². The van der Waals surface area contributed by atoms with Crippen molar-refractivity contribution in [2.75, 3.05) is 13.1 Å². The number of nitrogens with zero attached hydrogens (tertiary/aromatic N) is 1. The van der Waals surface area contributed by atoms with Crippen LogP contribution in [0.5, 0.6) is 5.75 Å². The van der Waals surface area contributed by atoms with E-state index < -0.39 is 5.97 Å². The van der Waals surface area contributed by atoms with Crippen molar-refractivity contribution in [2.24, 2.45) is 0 Å². The molecule has 0 saturated carbocycles. The van der Waals surface area contributed by atoms with Crippen molar-refractivity contribution in [2.45, 2.75) is 44.6 Å². The Bertz CT molecular complexity index is 1180. The van der Waals surface area contributed by atoms with Crippen LogP contribution in [-0.4, -0.2) is 40.6 Å². The molecular formula is C29H30ClNO4. The lowest BCUT2D eigenvalue weighted by Crippen LogP contribution is -2.37. The molecule has 0 fully saturated rings. The molecule has 3 aromatic carbocycles. The zero-order valence-electron chi connectivity index (χ0n) is 19.9. The number of aryl methyl sites for hydroxylation is 1. The van der Waals surface area contributed by atoms with Gasteiger partial charge < -0.3 is 14.7 Å². The number of aliphatic carboxylic acids is 1. The fraction of sp³-hybridized carbons (Fsp3) is 0.310. The van der Waals surface area contributed by atoms with Gasteiger partial charge in [0.05, 0.1) is 0 Å². The number of carboxylic acids is 1. The molecule has 1 N–H and O–H groups in total. The van der Waals surface area contributed by atoms with Gasteiger partial charge in [-0.2, -0.15) is 0 Å². The van der Waals surface area contributed by atoms with Crippen LogP contribution in [0.4, 0.5) is 0 Å². The van der Waals surface area contributed by atoms with E-state index in [2.05, 4.69) is 13.0 Å². The SMILES string of the molecule is CC1(Cc2ccc(Cl)cc2)Cc2cc(CCC(=O)N(CCc3ccccc3)CC(=O)O)ccc2O1. The van der Waals surface area contributed by atoms with Crippen molar-refractivity contribution in [1.29, 1.82) is 0 Å². The maximum absolute atomic E-state index is 12.9. The predicted octanol–water partition coefficient (Wildman–Crippen LogP) is 5.36. The predicted molar refractivity (Wildman–Crippen MR) is 137 cm³/mol. The molecule has 0 bridgehead atoms. The molecule has 5 nitrogen and oxygen atoms in total. The number of benzene rings is 3. The Morgan fingerprint density at radius 2 is 1.69 bits per heavy atom. The summed E-state index contributed by atoms with van der Waals surface area (Å²) >= 11 is 6.01. The maximum atomic E-state index is 12.9. The summed E-state index contributed by atoms with van der Waals surface area (Å²) in [7, 11) is 0. The van der Waals surface area contributed by atoms with Crippen LogP contribution >= 0.6 is 11.6 Å². The van der Waals surface area contributed by atoms with Gasteiger partial charge in [-0.25, -0.2) is 0 Å². The molecule has 0 radical (unpaired) electrons. The van der Waals surface area contributed by atoms with Gasteiger partial charge >= 0.3 is 5.97 Å². The van der Waals surface area contributed by atoms with Gasteiger partial charge in [0.2, 0.25) is 5.91 Å². The van der Waals surface area contributed by atoms with Gasteiger partial charge in [-0.15, -0.1) is 0 Å². The highest BCUT2D eigenvalue weighted by atomic mass is 35.5. The van der Waals surface area contributed by atoms with E-state index in [1.54, 1.807) is 0 Å². The van der Waals surface area contributed by atoms with Crippen LogP contribution < -0.4 is 4.74 Å². The molecule has 1 atom stereocenters. The summed E-state index contributed by atoms with van der Waals surface area (Å²) in [6.07, 6.45) is 3.01. The molecule has 0 aromatic heterocycles. The van der Waals surface area contributed by atoms with Crippen LogP contribution in [0.15, 0.2) is 72.8 Å². The van der Waals surface area contributed by atoms with Gasteiger partial charge in [0.1, 0.15) is 17.9 Å². The van der Waals surface area contributed by atoms with Crippen LogP contribution in [-0.2, 0) is 35.3 Å². The molecule has 0 saturated heterocycles. The van der Waals surface area contributed by atoms with Crippen LogP contribution in [0.3, 0.4) is 0 Å². The van der Waals surface area contributed by atoms with E-state index in [-0.39, 0.29) is 24.5 Å². The van der Waals surface area contributed by atoms with E-state index in [4.69, 9.17) is 16.3 Å². The molecule has 1 aliphatic heterocycles. The largest absolute Gasteiger partial charge is 0.487 e. The highest BCUT2D eigenvalue weighted by Crippen LogP contribution is 2.37. The van der Waals surface area contributed by atoms with Crippen LogP contribution in [0.25, 0.3) is 0 Å². The smallest absolute Gasteiger partial charge is 0.323 e. The summed E-state index contributed by atoms with van der Waals surface area (Å²) in [5.74, 6) is -0.263. The molecule has 0 aliphatic carbocycles. The van der Waals surface area contributed by atoms with E-state index in [1.165, 1.54) is 10.5 Å². The van der Waals surface area contributed by atoms with Gasteiger partial charge in [0, 0.05) is 30.8 Å². The highest BCUT2D eigenvalue weighted by Gasteiger charge is 2.35. The van der Waals surface area contributed by atoms with E-state index in [1.807, 2.05) is 66.7 Å². The Morgan fingerprint density at radius 3 is 2.40 bits per heavy atom. The highest BCUT2D eigenvalue weighted by molar-refractivity contribution is 6.30. The summed E-state index contributed by atoms with van der Waals surface area (Å²) < 4.78 is 6.29. The van der Waals surface area contributed by atoms with Gasteiger partial charge in [0.15, 0.2) is 0 Å². The summed E-state index contributed by atoms with van der Waals surface area (Å²) in [6, 6.07) is 23.7. The first-order valence-electron chi connectivity index (χ1n) is 11.9. The van der Waals surface area contributed by atoms with Crippen molar-refractivity contribution in [1.82, 2.24) is 4.90 Å². The Balaban J connectivity index is 1.35. The molecule has 4 rings (SSSR count). The lowest BCUT2D eigenvalue weighted by atomic mass is 9.91. The Kier molecular flexibility index (Phi) is 7.76. The summed E-state index contributed by atoms with van der Waals surface area (Å²) in [4.78, 5) is 25.6. The van der Waals surface area contributed by atoms with Crippen molar-refractivity contribution >= 4 is 23.5 Å². The Labute approximate surface area is 211 Å². The molecule has 6 heteroatoms.